The summed E-state index contributed by atoms with van der Waals surface area (Å²) in [4.78, 5) is 52.5. The van der Waals surface area contributed by atoms with Gasteiger partial charge in [-0.3, -0.25) is 19.3 Å². The van der Waals surface area contributed by atoms with E-state index in [0.717, 1.165) is 10.5 Å². The van der Waals surface area contributed by atoms with Gasteiger partial charge in [0, 0.05) is 31.1 Å². The fraction of sp³-hybridized carbons (Fsp3) is 0.280. The number of amides is 3. The summed E-state index contributed by atoms with van der Waals surface area (Å²) in [7, 11) is 4.56. The third kappa shape index (κ3) is 5.43. The van der Waals surface area contributed by atoms with Crippen molar-refractivity contribution < 1.29 is 33.8 Å². The second kappa shape index (κ2) is 10.7. The van der Waals surface area contributed by atoms with Crippen LogP contribution in [0.3, 0.4) is 0 Å². The van der Waals surface area contributed by atoms with E-state index in [9.17, 15) is 19.2 Å². The SMILES string of the molecule is COc1ccc(-c2cccc(N(C(=O)NCCC(=O)O)[C@H]3C(=O)C(C)=CN(C)C3=O)c2)cc1OC. The first kappa shape index (κ1) is 25.3. The lowest BCUT2D eigenvalue weighted by atomic mass is 9.98. The van der Waals surface area contributed by atoms with E-state index in [4.69, 9.17) is 14.6 Å². The molecule has 184 valence electrons. The largest absolute Gasteiger partial charge is 0.493 e. The molecule has 0 fully saturated rings. The monoisotopic (exact) mass is 481 g/mol. The first-order chi connectivity index (χ1) is 16.7. The number of carboxylic acids is 1. The Morgan fingerprint density at radius 2 is 1.74 bits per heavy atom. The molecule has 1 atom stereocenters. The Labute approximate surface area is 202 Å². The number of ketones is 1. The molecule has 3 amide bonds. The van der Waals surface area contributed by atoms with Crippen LogP contribution in [0.15, 0.2) is 54.2 Å². The van der Waals surface area contributed by atoms with Gasteiger partial charge in [-0.1, -0.05) is 18.2 Å². The molecule has 0 saturated heterocycles. The molecule has 0 aliphatic carbocycles. The Morgan fingerprint density at radius 1 is 1.06 bits per heavy atom. The molecule has 1 heterocycles. The third-order valence-corrected chi connectivity index (χ3v) is 5.54. The van der Waals surface area contributed by atoms with Crippen molar-refractivity contribution in [3.8, 4) is 22.6 Å². The number of nitrogens with one attached hydrogen (secondary N) is 1. The topological polar surface area (TPSA) is 125 Å². The summed E-state index contributed by atoms with van der Waals surface area (Å²) in [6, 6.07) is 9.93. The van der Waals surface area contributed by atoms with E-state index in [1.54, 1.807) is 37.3 Å². The van der Waals surface area contributed by atoms with Gasteiger partial charge < -0.3 is 24.8 Å². The maximum absolute atomic E-state index is 13.2. The van der Waals surface area contributed by atoms with Gasteiger partial charge in [0.2, 0.25) is 0 Å². The number of anilines is 1. The number of urea groups is 1. The zero-order valence-corrected chi connectivity index (χ0v) is 19.9. The number of benzene rings is 2. The fourth-order valence-corrected chi connectivity index (χ4v) is 3.76. The molecule has 3 rings (SSSR count). The number of hydrogen-bond acceptors (Lipinski definition) is 6. The van der Waals surface area contributed by atoms with Crippen LogP contribution in [-0.4, -0.2) is 67.6 Å². The Hall–Kier alpha value is -4.34. The lowest BCUT2D eigenvalue weighted by molar-refractivity contribution is -0.137. The number of methoxy groups -OCH3 is 2. The minimum Gasteiger partial charge on any atom is -0.493 e. The van der Waals surface area contributed by atoms with Crippen molar-refractivity contribution in [3.05, 3.63) is 54.2 Å². The first-order valence-corrected chi connectivity index (χ1v) is 10.8. The summed E-state index contributed by atoms with van der Waals surface area (Å²) < 4.78 is 10.7. The highest BCUT2D eigenvalue weighted by atomic mass is 16.5. The van der Waals surface area contributed by atoms with E-state index in [0.29, 0.717) is 28.3 Å². The van der Waals surface area contributed by atoms with Gasteiger partial charge in [0.05, 0.1) is 20.6 Å². The molecule has 0 unspecified atom stereocenters. The van der Waals surface area contributed by atoms with Gasteiger partial charge in [0.15, 0.2) is 23.3 Å². The standard InChI is InChI=1S/C25H27N3O7/c1-15-14-27(2)24(32)22(23(15)31)28(25(33)26-11-10-21(29)30)18-7-5-6-16(12-18)17-8-9-19(34-3)20(13-17)35-4/h5-9,12-14,22H,10-11H2,1-4H3,(H,26,33)(H,29,30)/t22-/m0/s1. The average Bonchev–Trinajstić information content (AvgIpc) is 2.84. The molecule has 1 aliphatic rings. The lowest BCUT2D eigenvalue weighted by Crippen LogP contribution is -2.58. The maximum Gasteiger partial charge on any atom is 0.323 e. The number of aliphatic carboxylic acids is 1. The molecule has 0 bridgehead atoms. The van der Waals surface area contributed by atoms with E-state index in [1.807, 2.05) is 12.1 Å². The number of likely N-dealkylation sites (N-methyl/N-ethyl adjacent to an activating group) is 1. The molecule has 1 aliphatic heterocycles. The van der Waals surface area contributed by atoms with Gasteiger partial charge in [0.1, 0.15) is 0 Å². The van der Waals surface area contributed by atoms with Crippen LogP contribution in [0, 0.1) is 0 Å². The molecule has 2 N–H and O–H groups in total. The molecule has 2 aromatic rings. The predicted octanol–water partition coefficient (Wildman–Crippen LogP) is 2.68. The normalized spacial score (nSPS) is 15.4. The van der Waals surface area contributed by atoms with Crippen molar-refractivity contribution in [2.45, 2.75) is 19.4 Å². The van der Waals surface area contributed by atoms with Crippen molar-refractivity contribution in [3.63, 3.8) is 0 Å². The van der Waals surface area contributed by atoms with Crippen LogP contribution >= 0.6 is 0 Å². The molecular weight excluding hydrogens is 454 g/mol. The van der Waals surface area contributed by atoms with Crippen LogP contribution in [-0.2, 0) is 14.4 Å². The Balaban J connectivity index is 2.06. The lowest BCUT2D eigenvalue weighted by Gasteiger charge is -2.34. The first-order valence-electron chi connectivity index (χ1n) is 10.8. The average molecular weight is 482 g/mol. The summed E-state index contributed by atoms with van der Waals surface area (Å²) >= 11 is 0. The Bertz CT molecular complexity index is 1190. The highest BCUT2D eigenvalue weighted by Crippen LogP contribution is 2.34. The maximum atomic E-state index is 13.2. The van der Waals surface area contributed by atoms with Crippen LogP contribution in [0.25, 0.3) is 11.1 Å². The number of carboxylic acid groups (broad SMARTS) is 1. The number of carbonyl (C=O) groups excluding carboxylic acids is 3. The Morgan fingerprint density at radius 3 is 2.40 bits per heavy atom. The van der Waals surface area contributed by atoms with Gasteiger partial charge in [-0.2, -0.15) is 0 Å². The molecular formula is C25H27N3O7. The number of Topliss-reactive ketones (excluding diaryl/α,β-unsaturated/α-hetero) is 1. The zero-order chi connectivity index (χ0) is 25.7. The highest BCUT2D eigenvalue weighted by molar-refractivity contribution is 6.21. The van der Waals surface area contributed by atoms with Crippen LogP contribution in [0.2, 0.25) is 0 Å². The number of rotatable bonds is 8. The number of hydrogen-bond donors (Lipinski definition) is 2. The zero-order valence-electron chi connectivity index (χ0n) is 19.9. The molecule has 2 aromatic carbocycles. The van der Waals surface area contributed by atoms with Crippen molar-refractivity contribution >= 4 is 29.4 Å². The van der Waals surface area contributed by atoms with Gasteiger partial charge in [-0.15, -0.1) is 0 Å². The molecule has 10 heteroatoms. The number of carbonyl (C=O) groups is 4. The van der Waals surface area contributed by atoms with E-state index in [-0.39, 0.29) is 13.0 Å². The molecule has 0 spiro atoms. The molecule has 10 nitrogen and oxygen atoms in total. The van der Waals surface area contributed by atoms with Crippen molar-refractivity contribution in [2.24, 2.45) is 0 Å². The van der Waals surface area contributed by atoms with Crippen molar-refractivity contribution in [1.29, 1.82) is 0 Å². The Kier molecular flexibility index (Phi) is 7.75. The summed E-state index contributed by atoms with van der Waals surface area (Å²) in [6.45, 7) is 1.40. The molecule has 0 saturated carbocycles. The summed E-state index contributed by atoms with van der Waals surface area (Å²) in [6.07, 6.45) is 1.11. The van der Waals surface area contributed by atoms with E-state index in [2.05, 4.69) is 5.32 Å². The minimum atomic E-state index is -1.43. The van der Waals surface area contributed by atoms with E-state index in [1.165, 1.54) is 32.4 Å². The molecule has 35 heavy (non-hydrogen) atoms. The van der Waals surface area contributed by atoms with Gasteiger partial charge in [-0.05, 0) is 42.3 Å². The third-order valence-electron chi connectivity index (χ3n) is 5.54. The highest BCUT2D eigenvalue weighted by Gasteiger charge is 2.41. The van der Waals surface area contributed by atoms with Gasteiger partial charge >= 0.3 is 12.0 Å². The van der Waals surface area contributed by atoms with E-state index < -0.39 is 29.7 Å². The fourth-order valence-electron chi connectivity index (χ4n) is 3.76. The minimum absolute atomic E-state index is 0.167. The summed E-state index contributed by atoms with van der Waals surface area (Å²) in [5, 5.41) is 11.4. The quantitative estimate of drug-likeness (QED) is 0.555. The predicted molar refractivity (Wildman–Crippen MR) is 128 cm³/mol. The second-order valence-corrected chi connectivity index (χ2v) is 7.89. The second-order valence-electron chi connectivity index (χ2n) is 7.89. The summed E-state index contributed by atoms with van der Waals surface area (Å²) in [5.41, 5.74) is 2.06. The van der Waals surface area contributed by atoms with Gasteiger partial charge in [0.25, 0.3) is 5.91 Å². The van der Waals surface area contributed by atoms with Gasteiger partial charge in [-0.25, -0.2) is 4.79 Å². The van der Waals surface area contributed by atoms with Crippen molar-refractivity contribution in [2.75, 3.05) is 32.7 Å². The van der Waals surface area contributed by atoms with Crippen LogP contribution in [0.1, 0.15) is 13.3 Å². The van der Waals surface area contributed by atoms with Crippen LogP contribution in [0.4, 0.5) is 10.5 Å². The number of nitrogens with zero attached hydrogens (tertiary/aromatic N) is 2. The summed E-state index contributed by atoms with van der Waals surface area (Å²) in [5.74, 6) is -1.12. The van der Waals surface area contributed by atoms with Crippen LogP contribution in [0.5, 0.6) is 11.5 Å². The molecule has 0 aromatic heterocycles. The van der Waals surface area contributed by atoms with E-state index >= 15 is 0 Å². The molecule has 0 radical (unpaired) electrons. The van der Waals surface area contributed by atoms with Crippen molar-refractivity contribution in [1.82, 2.24) is 10.2 Å². The number of ether oxygens (including phenoxy) is 2. The smallest absolute Gasteiger partial charge is 0.323 e. The van der Waals surface area contributed by atoms with Crippen LogP contribution < -0.4 is 19.7 Å².